The van der Waals surface area contributed by atoms with Gasteiger partial charge in [0.2, 0.25) is 0 Å². The maximum atomic E-state index is 11.3. The van der Waals surface area contributed by atoms with E-state index in [2.05, 4.69) is 4.98 Å². The van der Waals surface area contributed by atoms with Crippen LogP contribution >= 0.6 is 0 Å². The molecule has 2 aromatic rings. The van der Waals surface area contributed by atoms with Crippen LogP contribution in [0.1, 0.15) is 18.7 Å². The van der Waals surface area contributed by atoms with Gasteiger partial charge in [0.05, 0.1) is 6.26 Å². The van der Waals surface area contributed by atoms with Crippen molar-refractivity contribution in [2.75, 3.05) is 0 Å². The van der Waals surface area contributed by atoms with Crippen LogP contribution in [0.15, 0.2) is 40.0 Å². The third kappa shape index (κ3) is 1.64. The lowest BCUT2D eigenvalue weighted by atomic mass is 10.2. The van der Waals surface area contributed by atoms with Crippen LogP contribution < -0.4 is 5.69 Å². The Morgan fingerprint density at radius 1 is 1.64 bits per heavy atom. The highest BCUT2D eigenvalue weighted by atomic mass is 16.3. The molecule has 0 bridgehead atoms. The van der Waals surface area contributed by atoms with Crippen LogP contribution in [0.3, 0.4) is 0 Å². The van der Waals surface area contributed by atoms with Gasteiger partial charge in [-0.15, -0.1) is 0 Å². The van der Waals surface area contributed by atoms with Gasteiger partial charge < -0.3 is 9.40 Å². The number of nitrogens with zero attached hydrogens (tertiary/aromatic N) is 1. The van der Waals surface area contributed by atoms with Crippen molar-refractivity contribution in [2.45, 2.75) is 19.4 Å². The van der Waals surface area contributed by atoms with Gasteiger partial charge in [0.1, 0.15) is 5.76 Å². The summed E-state index contributed by atoms with van der Waals surface area (Å²) in [4.78, 5) is 13.9. The minimum atomic E-state index is -0.0796. The lowest BCUT2D eigenvalue weighted by Crippen LogP contribution is -2.21. The molecule has 4 nitrogen and oxygen atoms in total. The van der Waals surface area contributed by atoms with Gasteiger partial charge in [-0.3, -0.25) is 4.57 Å². The van der Waals surface area contributed by atoms with E-state index in [0.717, 1.165) is 12.2 Å². The molecular weight excluding hydrogens is 180 g/mol. The lowest BCUT2D eigenvalue weighted by Gasteiger charge is -2.09. The van der Waals surface area contributed by atoms with Crippen molar-refractivity contribution in [3.8, 4) is 0 Å². The smallest absolute Gasteiger partial charge is 0.325 e. The predicted molar refractivity (Wildman–Crippen MR) is 52.2 cm³/mol. The summed E-state index contributed by atoms with van der Waals surface area (Å²) in [6.07, 6.45) is 5.75. The molecular formula is C10H12N2O2. The highest BCUT2D eigenvalue weighted by Crippen LogP contribution is 2.11. The van der Waals surface area contributed by atoms with Crippen LogP contribution in [0.25, 0.3) is 0 Å². The summed E-state index contributed by atoms with van der Waals surface area (Å²) in [5.74, 6) is 0.894. The molecule has 0 aliphatic carbocycles. The first-order valence-electron chi connectivity index (χ1n) is 4.55. The second kappa shape index (κ2) is 3.57. The Labute approximate surface area is 81.2 Å². The average Bonchev–Trinajstić information content (AvgIpc) is 2.75. The van der Waals surface area contributed by atoms with Gasteiger partial charge in [-0.05, 0) is 19.1 Å². The molecule has 1 atom stereocenters. The van der Waals surface area contributed by atoms with Crippen molar-refractivity contribution >= 4 is 0 Å². The summed E-state index contributed by atoms with van der Waals surface area (Å²) < 4.78 is 6.87. The third-order valence-electron chi connectivity index (χ3n) is 2.23. The Kier molecular flexibility index (Phi) is 2.26. The van der Waals surface area contributed by atoms with E-state index < -0.39 is 0 Å². The van der Waals surface area contributed by atoms with E-state index in [1.54, 1.807) is 23.2 Å². The van der Waals surface area contributed by atoms with E-state index in [4.69, 9.17) is 4.42 Å². The van der Waals surface area contributed by atoms with Crippen molar-refractivity contribution in [3.63, 3.8) is 0 Å². The minimum absolute atomic E-state index is 0.0796. The molecule has 1 N–H and O–H groups in total. The largest absolute Gasteiger partial charge is 0.469 e. The molecule has 2 heterocycles. The normalized spacial score (nSPS) is 12.9. The Balaban J connectivity index is 2.14. The topological polar surface area (TPSA) is 50.9 Å². The summed E-state index contributed by atoms with van der Waals surface area (Å²) >= 11 is 0. The highest BCUT2D eigenvalue weighted by Gasteiger charge is 2.09. The van der Waals surface area contributed by atoms with E-state index in [9.17, 15) is 4.79 Å². The van der Waals surface area contributed by atoms with Gasteiger partial charge in [-0.1, -0.05) is 0 Å². The number of rotatable bonds is 3. The molecule has 74 valence electrons. The maximum Gasteiger partial charge on any atom is 0.325 e. The standard InChI is InChI=1S/C10H12N2O2/c1-8(7-9-3-2-6-14-9)12-5-4-11-10(12)13/h2-6,8H,7H2,1H3,(H,11,13). The summed E-state index contributed by atoms with van der Waals surface area (Å²) in [5.41, 5.74) is -0.0796. The molecule has 0 fully saturated rings. The zero-order valence-electron chi connectivity index (χ0n) is 7.93. The van der Waals surface area contributed by atoms with Gasteiger partial charge in [-0.2, -0.15) is 0 Å². The number of hydrogen-bond donors (Lipinski definition) is 1. The van der Waals surface area contributed by atoms with Gasteiger partial charge in [0.25, 0.3) is 0 Å². The van der Waals surface area contributed by atoms with Gasteiger partial charge in [0, 0.05) is 24.9 Å². The first kappa shape index (κ1) is 8.87. The van der Waals surface area contributed by atoms with Crippen LogP contribution in [0.5, 0.6) is 0 Å². The van der Waals surface area contributed by atoms with Crippen LogP contribution in [0.4, 0.5) is 0 Å². The predicted octanol–water partition coefficient (Wildman–Crippen LogP) is 1.57. The van der Waals surface area contributed by atoms with Crippen molar-refractivity contribution in [3.05, 3.63) is 47.0 Å². The fraction of sp³-hybridized carbons (Fsp3) is 0.300. The number of nitrogens with one attached hydrogen (secondary N) is 1. The SMILES string of the molecule is CC(Cc1ccco1)n1cc[nH]c1=O. The average molecular weight is 192 g/mol. The van der Waals surface area contributed by atoms with Crippen LogP contribution in [-0.2, 0) is 6.42 Å². The van der Waals surface area contributed by atoms with E-state index in [1.165, 1.54) is 0 Å². The number of aromatic nitrogens is 2. The van der Waals surface area contributed by atoms with Crippen molar-refractivity contribution < 1.29 is 4.42 Å². The monoisotopic (exact) mass is 192 g/mol. The Hall–Kier alpha value is -1.71. The van der Waals surface area contributed by atoms with Crippen molar-refractivity contribution in [1.82, 2.24) is 9.55 Å². The molecule has 0 aliphatic rings. The van der Waals surface area contributed by atoms with E-state index in [1.807, 2.05) is 19.1 Å². The van der Waals surface area contributed by atoms with Crippen molar-refractivity contribution in [2.24, 2.45) is 0 Å². The van der Waals surface area contributed by atoms with E-state index >= 15 is 0 Å². The van der Waals surface area contributed by atoms with Gasteiger partial charge >= 0.3 is 5.69 Å². The summed E-state index contributed by atoms with van der Waals surface area (Å²) in [6.45, 7) is 1.98. The molecule has 0 saturated carbocycles. The Morgan fingerprint density at radius 3 is 3.07 bits per heavy atom. The summed E-state index contributed by atoms with van der Waals surface area (Å²) in [5, 5.41) is 0. The molecule has 0 saturated heterocycles. The molecule has 14 heavy (non-hydrogen) atoms. The quantitative estimate of drug-likeness (QED) is 0.802. The molecule has 0 aliphatic heterocycles. The zero-order valence-corrected chi connectivity index (χ0v) is 7.93. The molecule has 0 spiro atoms. The fourth-order valence-electron chi connectivity index (χ4n) is 1.50. The second-order valence-electron chi connectivity index (χ2n) is 3.31. The Morgan fingerprint density at radius 2 is 2.50 bits per heavy atom. The Bertz CT molecular complexity index is 439. The van der Waals surface area contributed by atoms with Gasteiger partial charge in [0.15, 0.2) is 0 Å². The first-order chi connectivity index (χ1) is 6.77. The molecule has 0 radical (unpaired) electrons. The number of furan rings is 1. The number of imidazole rings is 1. The molecule has 4 heteroatoms. The maximum absolute atomic E-state index is 11.3. The zero-order chi connectivity index (χ0) is 9.97. The highest BCUT2D eigenvalue weighted by molar-refractivity contribution is 5.00. The number of H-pyrrole nitrogens is 1. The molecule has 2 aromatic heterocycles. The molecule has 0 aromatic carbocycles. The van der Waals surface area contributed by atoms with E-state index in [0.29, 0.717) is 0 Å². The molecule has 1 unspecified atom stereocenters. The minimum Gasteiger partial charge on any atom is -0.469 e. The summed E-state index contributed by atoms with van der Waals surface area (Å²) in [7, 11) is 0. The molecule has 0 amide bonds. The number of aromatic amines is 1. The van der Waals surface area contributed by atoms with Crippen LogP contribution in [0, 0.1) is 0 Å². The second-order valence-corrected chi connectivity index (χ2v) is 3.31. The fourth-order valence-corrected chi connectivity index (χ4v) is 1.50. The lowest BCUT2D eigenvalue weighted by molar-refractivity contribution is 0.443. The van der Waals surface area contributed by atoms with E-state index in [-0.39, 0.29) is 11.7 Å². The third-order valence-corrected chi connectivity index (χ3v) is 2.23. The molecule has 2 rings (SSSR count). The van der Waals surface area contributed by atoms with Crippen molar-refractivity contribution in [1.29, 1.82) is 0 Å². The van der Waals surface area contributed by atoms with Gasteiger partial charge in [-0.25, -0.2) is 4.79 Å². The summed E-state index contributed by atoms with van der Waals surface area (Å²) in [6, 6.07) is 3.87. The first-order valence-corrected chi connectivity index (χ1v) is 4.55. The number of hydrogen-bond acceptors (Lipinski definition) is 2. The van der Waals surface area contributed by atoms with Crippen LogP contribution in [0.2, 0.25) is 0 Å². The van der Waals surface area contributed by atoms with Crippen LogP contribution in [-0.4, -0.2) is 9.55 Å².